The van der Waals surface area contributed by atoms with Gasteiger partial charge in [-0.05, 0) is 31.5 Å². The number of aliphatic hydroxyl groups is 1. The summed E-state index contributed by atoms with van der Waals surface area (Å²) < 4.78 is 17.3. The number of aliphatic hydroxyl groups excluding tert-OH is 1. The zero-order valence-corrected chi connectivity index (χ0v) is 15.9. The van der Waals surface area contributed by atoms with Crippen molar-refractivity contribution in [2.24, 2.45) is 0 Å². The summed E-state index contributed by atoms with van der Waals surface area (Å²) >= 11 is 0. The second-order valence-corrected chi connectivity index (χ2v) is 7.71. The number of carbonyl (C=O) groups is 1. The lowest BCUT2D eigenvalue weighted by molar-refractivity contribution is -0.0426. The standard InChI is InChI=1S/C21H22O7/c1-21(2)18(25)6-11-4-10(5-17(26-3)20(11)28-21)15-9-14(24)19-13(23)7-12(22)8-16(19)27-15/h4-5,7-8,15,18,22-23,25H,6,9H2,1-3H3/t15-,18+/m0/s1. The van der Waals surface area contributed by atoms with Gasteiger partial charge in [0.1, 0.15) is 34.5 Å². The summed E-state index contributed by atoms with van der Waals surface area (Å²) in [5, 5.41) is 30.0. The molecule has 0 fully saturated rings. The second-order valence-electron chi connectivity index (χ2n) is 7.71. The molecule has 2 aromatic rings. The molecule has 0 saturated carbocycles. The number of Topliss-reactive ketones (excluding diaryl/α,β-unsaturated/α-hetero) is 1. The number of phenols is 2. The summed E-state index contributed by atoms with van der Waals surface area (Å²) in [4.78, 5) is 12.6. The average Bonchev–Trinajstić information content (AvgIpc) is 2.60. The summed E-state index contributed by atoms with van der Waals surface area (Å²) in [5.41, 5.74) is 0.779. The van der Waals surface area contributed by atoms with E-state index in [0.717, 1.165) is 11.6 Å². The molecule has 28 heavy (non-hydrogen) atoms. The Bertz CT molecular complexity index is 964. The van der Waals surface area contributed by atoms with Crippen molar-refractivity contribution in [3.8, 4) is 28.7 Å². The normalized spacial score (nSPS) is 22.5. The third-order valence-electron chi connectivity index (χ3n) is 5.31. The van der Waals surface area contributed by atoms with Crippen molar-refractivity contribution in [3.05, 3.63) is 41.0 Å². The van der Waals surface area contributed by atoms with Crippen molar-refractivity contribution in [1.29, 1.82) is 0 Å². The van der Waals surface area contributed by atoms with Crippen molar-refractivity contribution in [2.45, 2.75) is 44.5 Å². The number of ketones is 1. The molecule has 0 aromatic heterocycles. The molecule has 2 heterocycles. The van der Waals surface area contributed by atoms with Gasteiger partial charge in [-0.2, -0.15) is 0 Å². The highest BCUT2D eigenvalue weighted by atomic mass is 16.5. The number of carbonyl (C=O) groups excluding carboxylic acids is 1. The van der Waals surface area contributed by atoms with Gasteiger partial charge in [0, 0.05) is 24.1 Å². The van der Waals surface area contributed by atoms with E-state index >= 15 is 0 Å². The van der Waals surface area contributed by atoms with Gasteiger partial charge in [-0.25, -0.2) is 0 Å². The Hall–Kier alpha value is -2.93. The zero-order chi connectivity index (χ0) is 20.2. The first kappa shape index (κ1) is 18.4. The molecule has 0 aliphatic carbocycles. The van der Waals surface area contributed by atoms with Crippen molar-refractivity contribution in [2.75, 3.05) is 7.11 Å². The first-order valence-corrected chi connectivity index (χ1v) is 9.03. The summed E-state index contributed by atoms with van der Waals surface area (Å²) in [6, 6.07) is 6.01. The Kier molecular flexibility index (Phi) is 4.15. The van der Waals surface area contributed by atoms with Gasteiger partial charge in [0.05, 0.1) is 19.6 Å². The fraction of sp³-hybridized carbons (Fsp3) is 0.381. The van der Waals surface area contributed by atoms with Crippen LogP contribution in [-0.2, 0) is 6.42 Å². The minimum absolute atomic E-state index is 0.0299. The van der Waals surface area contributed by atoms with Gasteiger partial charge >= 0.3 is 0 Å². The van der Waals surface area contributed by atoms with Gasteiger partial charge in [0.25, 0.3) is 0 Å². The van der Waals surface area contributed by atoms with Crippen molar-refractivity contribution >= 4 is 5.78 Å². The molecule has 2 atom stereocenters. The van der Waals surface area contributed by atoms with Gasteiger partial charge in [-0.15, -0.1) is 0 Å². The maximum absolute atomic E-state index is 12.6. The maximum atomic E-state index is 12.6. The van der Waals surface area contributed by atoms with Crippen LogP contribution in [0.15, 0.2) is 24.3 Å². The topological polar surface area (TPSA) is 105 Å². The molecule has 0 unspecified atom stereocenters. The zero-order valence-electron chi connectivity index (χ0n) is 15.9. The van der Waals surface area contributed by atoms with E-state index in [0.29, 0.717) is 23.5 Å². The smallest absolute Gasteiger partial charge is 0.174 e. The van der Waals surface area contributed by atoms with Crippen molar-refractivity contribution < 1.29 is 34.3 Å². The van der Waals surface area contributed by atoms with E-state index in [1.165, 1.54) is 13.2 Å². The monoisotopic (exact) mass is 386 g/mol. The molecule has 2 aliphatic rings. The Balaban J connectivity index is 1.75. The maximum Gasteiger partial charge on any atom is 0.174 e. The molecule has 4 rings (SSSR count). The highest BCUT2D eigenvalue weighted by Gasteiger charge is 2.38. The minimum Gasteiger partial charge on any atom is -0.508 e. The second kappa shape index (κ2) is 6.31. The van der Waals surface area contributed by atoms with Crippen LogP contribution in [0, 0.1) is 0 Å². The van der Waals surface area contributed by atoms with Crippen LogP contribution in [-0.4, -0.2) is 39.9 Å². The van der Waals surface area contributed by atoms with Crippen LogP contribution < -0.4 is 14.2 Å². The molecule has 2 aromatic carbocycles. The molecule has 0 bridgehead atoms. The molecule has 0 spiro atoms. The molecule has 2 aliphatic heterocycles. The van der Waals surface area contributed by atoms with Crippen LogP contribution in [0.2, 0.25) is 0 Å². The minimum atomic E-state index is -0.743. The SMILES string of the molecule is COc1cc([C@@H]2CC(=O)c3c(O)cc(O)cc3O2)cc2c1OC(C)(C)[C@H](O)C2. The number of methoxy groups -OCH3 is 1. The van der Waals surface area contributed by atoms with Gasteiger partial charge in [-0.3, -0.25) is 4.79 Å². The number of rotatable bonds is 2. The van der Waals surface area contributed by atoms with Gasteiger partial charge < -0.3 is 29.5 Å². The van der Waals surface area contributed by atoms with Crippen LogP contribution in [0.5, 0.6) is 28.7 Å². The van der Waals surface area contributed by atoms with E-state index < -0.39 is 17.8 Å². The van der Waals surface area contributed by atoms with E-state index in [-0.39, 0.29) is 35.0 Å². The van der Waals surface area contributed by atoms with Gasteiger partial charge in [0.15, 0.2) is 17.3 Å². The lowest BCUT2D eigenvalue weighted by Crippen LogP contribution is -2.46. The number of benzene rings is 2. The van der Waals surface area contributed by atoms with Crippen LogP contribution in [0.3, 0.4) is 0 Å². The van der Waals surface area contributed by atoms with E-state index in [1.54, 1.807) is 6.07 Å². The number of fused-ring (bicyclic) bond motifs is 2. The summed E-state index contributed by atoms with van der Waals surface area (Å²) in [6.45, 7) is 3.62. The Labute approximate surface area is 162 Å². The van der Waals surface area contributed by atoms with Crippen molar-refractivity contribution in [3.63, 3.8) is 0 Å². The molecule has 7 heteroatoms. The third kappa shape index (κ3) is 2.92. The third-order valence-corrected chi connectivity index (χ3v) is 5.31. The van der Waals surface area contributed by atoms with E-state index in [4.69, 9.17) is 14.2 Å². The predicted octanol–water partition coefficient (Wildman–Crippen LogP) is 2.89. The Morgan fingerprint density at radius 2 is 1.89 bits per heavy atom. The predicted molar refractivity (Wildman–Crippen MR) is 99.5 cm³/mol. The highest BCUT2D eigenvalue weighted by molar-refractivity contribution is 6.02. The number of hydrogen-bond donors (Lipinski definition) is 3. The Morgan fingerprint density at radius 1 is 1.14 bits per heavy atom. The van der Waals surface area contributed by atoms with Crippen LogP contribution in [0.4, 0.5) is 0 Å². The van der Waals surface area contributed by atoms with Gasteiger partial charge in [0.2, 0.25) is 0 Å². The Morgan fingerprint density at radius 3 is 2.61 bits per heavy atom. The first-order chi connectivity index (χ1) is 13.2. The molecular formula is C21H22O7. The summed E-state index contributed by atoms with van der Waals surface area (Å²) in [5.74, 6) is 0.421. The fourth-order valence-electron chi connectivity index (χ4n) is 3.68. The van der Waals surface area contributed by atoms with E-state index in [1.807, 2.05) is 19.9 Å². The van der Waals surface area contributed by atoms with Crippen LogP contribution in [0.1, 0.15) is 47.9 Å². The number of phenolic OH excluding ortho intramolecular Hbond substituents is 2. The molecule has 148 valence electrons. The molecule has 0 amide bonds. The molecule has 7 nitrogen and oxygen atoms in total. The summed E-state index contributed by atoms with van der Waals surface area (Å²) in [6.07, 6.45) is -0.899. The number of aromatic hydroxyl groups is 2. The number of hydrogen-bond acceptors (Lipinski definition) is 7. The molecule has 3 N–H and O–H groups in total. The fourth-order valence-corrected chi connectivity index (χ4v) is 3.68. The largest absolute Gasteiger partial charge is 0.508 e. The quantitative estimate of drug-likeness (QED) is 0.729. The van der Waals surface area contributed by atoms with Crippen molar-refractivity contribution in [1.82, 2.24) is 0 Å². The van der Waals surface area contributed by atoms with E-state index in [2.05, 4.69) is 0 Å². The van der Waals surface area contributed by atoms with Crippen LogP contribution >= 0.6 is 0 Å². The first-order valence-electron chi connectivity index (χ1n) is 9.03. The average molecular weight is 386 g/mol. The lowest BCUT2D eigenvalue weighted by Gasteiger charge is -2.38. The van der Waals surface area contributed by atoms with E-state index in [9.17, 15) is 20.1 Å². The molecular weight excluding hydrogens is 364 g/mol. The number of ether oxygens (including phenoxy) is 3. The highest BCUT2D eigenvalue weighted by Crippen LogP contribution is 2.46. The van der Waals surface area contributed by atoms with Crippen LogP contribution in [0.25, 0.3) is 0 Å². The van der Waals surface area contributed by atoms with Gasteiger partial charge in [-0.1, -0.05) is 0 Å². The molecule has 0 saturated heterocycles. The lowest BCUT2D eigenvalue weighted by atomic mass is 9.88. The molecule has 0 radical (unpaired) electrons. The summed E-state index contributed by atoms with van der Waals surface area (Å²) in [7, 11) is 1.53.